The number of rotatable bonds is 14. The summed E-state index contributed by atoms with van der Waals surface area (Å²) in [7, 11) is 0. The van der Waals surface area contributed by atoms with Crippen molar-refractivity contribution in [3.05, 3.63) is 0 Å². The van der Waals surface area contributed by atoms with Gasteiger partial charge in [0, 0.05) is 0 Å². The maximum absolute atomic E-state index is 12.8. The number of nitrogens with two attached hydrogens (primary N) is 1. The van der Waals surface area contributed by atoms with Gasteiger partial charge in [0.05, 0.1) is 6.04 Å². The van der Waals surface area contributed by atoms with Crippen LogP contribution in [0, 0.1) is 5.92 Å². The molecule has 0 saturated heterocycles. The summed E-state index contributed by atoms with van der Waals surface area (Å²) in [6.07, 6.45) is 4.68. The molecule has 0 radical (unpaired) electrons. The van der Waals surface area contributed by atoms with E-state index in [4.69, 9.17) is 10.8 Å². The van der Waals surface area contributed by atoms with E-state index in [-0.39, 0.29) is 5.92 Å². The van der Waals surface area contributed by atoms with Gasteiger partial charge in [-0.3, -0.25) is 19.2 Å². The second-order valence-corrected chi connectivity index (χ2v) is 9.00. The number of hydrogen-bond acceptors (Lipinski definition) is 7. The monoisotopic (exact) mass is 450 g/mol. The molecule has 0 aromatic carbocycles. The average Bonchev–Trinajstić information content (AvgIpc) is 2.66. The molecule has 0 spiro atoms. The number of carbonyl (C=O) groups excluding carboxylic acids is 3. The van der Waals surface area contributed by atoms with Gasteiger partial charge in [0.25, 0.3) is 0 Å². The van der Waals surface area contributed by atoms with Crippen LogP contribution in [0.25, 0.3) is 0 Å². The van der Waals surface area contributed by atoms with Crippen molar-refractivity contribution >= 4 is 47.2 Å². The number of carboxylic acid groups (broad SMARTS) is 1. The minimum absolute atomic E-state index is 0.277. The van der Waals surface area contributed by atoms with Crippen molar-refractivity contribution in [1.29, 1.82) is 0 Å². The molecule has 0 aliphatic heterocycles. The van der Waals surface area contributed by atoms with Crippen molar-refractivity contribution in [3.8, 4) is 0 Å². The fraction of sp³-hybridized carbons (Fsp3) is 0.778. The zero-order valence-corrected chi connectivity index (χ0v) is 19.3. The number of nitrogens with one attached hydrogen (secondary N) is 3. The van der Waals surface area contributed by atoms with Crippen molar-refractivity contribution in [2.75, 3.05) is 24.0 Å². The Morgan fingerprint density at radius 1 is 0.862 bits per heavy atom. The van der Waals surface area contributed by atoms with Crippen molar-refractivity contribution in [2.24, 2.45) is 11.7 Å². The quantitative estimate of drug-likeness (QED) is 0.249. The molecule has 11 heteroatoms. The van der Waals surface area contributed by atoms with E-state index in [1.807, 2.05) is 12.5 Å². The van der Waals surface area contributed by atoms with E-state index in [2.05, 4.69) is 16.0 Å². The average molecular weight is 451 g/mol. The second-order valence-electron chi connectivity index (χ2n) is 7.03. The predicted molar refractivity (Wildman–Crippen MR) is 118 cm³/mol. The lowest BCUT2D eigenvalue weighted by Gasteiger charge is -2.26. The normalized spacial score (nSPS) is 15.1. The molecule has 29 heavy (non-hydrogen) atoms. The molecule has 6 N–H and O–H groups in total. The Kier molecular flexibility index (Phi) is 13.8. The van der Waals surface area contributed by atoms with Gasteiger partial charge >= 0.3 is 5.97 Å². The molecule has 4 unspecified atom stereocenters. The molecule has 4 atom stereocenters. The van der Waals surface area contributed by atoms with Crippen LogP contribution in [-0.4, -0.2) is 77.0 Å². The Hall–Kier alpha value is -1.46. The van der Waals surface area contributed by atoms with Crippen molar-refractivity contribution in [1.82, 2.24) is 16.0 Å². The number of carbonyl (C=O) groups is 4. The lowest BCUT2D eigenvalue weighted by molar-refractivity contribution is -0.142. The van der Waals surface area contributed by atoms with E-state index >= 15 is 0 Å². The van der Waals surface area contributed by atoms with Gasteiger partial charge in [-0.2, -0.15) is 23.5 Å². The molecular formula is C18H34N4O5S2. The minimum Gasteiger partial charge on any atom is -0.480 e. The summed E-state index contributed by atoms with van der Waals surface area (Å²) < 4.78 is 0. The van der Waals surface area contributed by atoms with Crippen LogP contribution in [-0.2, 0) is 19.2 Å². The first kappa shape index (κ1) is 27.5. The molecule has 0 aromatic rings. The van der Waals surface area contributed by atoms with E-state index in [0.717, 1.165) is 5.75 Å². The number of amides is 3. The maximum atomic E-state index is 12.8. The first-order valence-electron chi connectivity index (χ1n) is 9.42. The van der Waals surface area contributed by atoms with E-state index in [9.17, 15) is 19.2 Å². The summed E-state index contributed by atoms with van der Waals surface area (Å²) >= 11 is 3.11. The third kappa shape index (κ3) is 10.8. The molecule has 0 aromatic heterocycles. The minimum atomic E-state index is -1.17. The first-order valence-corrected chi connectivity index (χ1v) is 12.2. The van der Waals surface area contributed by atoms with Crippen molar-refractivity contribution < 1.29 is 24.3 Å². The lowest BCUT2D eigenvalue weighted by atomic mass is 10.0. The highest BCUT2D eigenvalue weighted by atomic mass is 32.2. The largest absolute Gasteiger partial charge is 0.480 e. The van der Waals surface area contributed by atoms with Gasteiger partial charge in [0.1, 0.15) is 18.1 Å². The van der Waals surface area contributed by atoms with Gasteiger partial charge in [-0.15, -0.1) is 0 Å². The van der Waals surface area contributed by atoms with E-state index < -0.39 is 47.9 Å². The van der Waals surface area contributed by atoms with Crippen LogP contribution in [0.15, 0.2) is 0 Å². The standard InChI is InChI=1S/C18H34N4O5S2/c1-10(2)14(17(25)20-11(3)18(26)27)22-16(24)13(7-9-29-5)21-15(23)12(19)6-8-28-4/h10-14H,6-9,19H2,1-5H3,(H,20,25)(H,21,23)(H,22,24)(H,26,27). The summed E-state index contributed by atoms with van der Waals surface area (Å²) in [5, 5.41) is 16.7. The lowest BCUT2D eigenvalue weighted by Crippen LogP contribution is -2.58. The van der Waals surface area contributed by atoms with Gasteiger partial charge < -0.3 is 26.8 Å². The molecule has 0 heterocycles. The van der Waals surface area contributed by atoms with Gasteiger partial charge in [0.15, 0.2) is 0 Å². The molecule has 0 aliphatic carbocycles. The summed E-state index contributed by atoms with van der Waals surface area (Å²) in [4.78, 5) is 48.5. The van der Waals surface area contributed by atoms with Gasteiger partial charge in [0.2, 0.25) is 17.7 Å². The maximum Gasteiger partial charge on any atom is 0.325 e. The zero-order chi connectivity index (χ0) is 22.6. The Labute approximate surface area is 181 Å². The smallest absolute Gasteiger partial charge is 0.325 e. The Morgan fingerprint density at radius 2 is 1.41 bits per heavy atom. The van der Waals surface area contributed by atoms with Gasteiger partial charge in [-0.05, 0) is 49.7 Å². The molecule has 0 fully saturated rings. The molecular weight excluding hydrogens is 416 g/mol. The van der Waals surface area contributed by atoms with Gasteiger partial charge in [-0.1, -0.05) is 13.8 Å². The van der Waals surface area contributed by atoms with Crippen LogP contribution in [0.1, 0.15) is 33.6 Å². The fourth-order valence-electron chi connectivity index (χ4n) is 2.31. The van der Waals surface area contributed by atoms with E-state index in [0.29, 0.717) is 18.6 Å². The van der Waals surface area contributed by atoms with Crippen LogP contribution in [0.3, 0.4) is 0 Å². The van der Waals surface area contributed by atoms with Crippen LogP contribution in [0.2, 0.25) is 0 Å². The summed E-state index contributed by atoms with van der Waals surface area (Å²) in [6, 6.07) is -3.56. The number of hydrogen-bond donors (Lipinski definition) is 5. The Bertz CT molecular complexity index is 562. The molecule has 0 bridgehead atoms. The molecule has 168 valence electrons. The topological polar surface area (TPSA) is 151 Å². The summed E-state index contributed by atoms with van der Waals surface area (Å²) in [6.45, 7) is 4.82. The molecule has 0 rings (SSSR count). The molecule has 9 nitrogen and oxygen atoms in total. The highest BCUT2D eigenvalue weighted by Gasteiger charge is 2.30. The number of aliphatic carboxylic acids is 1. The van der Waals surface area contributed by atoms with Gasteiger partial charge in [-0.25, -0.2) is 0 Å². The highest BCUT2D eigenvalue weighted by molar-refractivity contribution is 7.98. The molecule has 0 saturated carbocycles. The Morgan fingerprint density at radius 3 is 1.90 bits per heavy atom. The summed E-state index contributed by atoms with van der Waals surface area (Å²) in [5.41, 5.74) is 5.88. The van der Waals surface area contributed by atoms with E-state index in [1.165, 1.54) is 18.7 Å². The second kappa shape index (κ2) is 14.5. The van der Waals surface area contributed by atoms with E-state index in [1.54, 1.807) is 25.6 Å². The summed E-state index contributed by atoms with van der Waals surface area (Å²) in [5.74, 6) is -1.58. The van der Waals surface area contributed by atoms with Crippen LogP contribution < -0.4 is 21.7 Å². The number of carboxylic acids is 1. The third-order valence-electron chi connectivity index (χ3n) is 4.19. The van der Waals surface area contributed by atoms with Crippen molar-refractivity contribution in [3.63, 3.8) is 0 Å². The van der Waals surface area contributed by atoms with Crippen LogP contribution in [0.5, 0.6) is 0 Å². The predicted octanol–water partition coefficient (Wildman–Crippen LogP) is 0.0348. The molecule has 0 aliphatic rings. The van der Waals surface area contributed by atoms with Crippen LogP contribution >= 0.6 is 23.5 Å². The Balaban J connectivity index is 5.16. The number of thioether (sulfide) groups is 2. The molecule has 3 amide bonds. The van der Waals surface area contributed by atoms with Crippen molar-refractivity contribution in [2.45, 2.75) is 57.8 Å². The SMILES string of the molecule is CSCCC(N)C(=O)NC(CCSC)C(=O)NC(C(=O)NC(C)C(=O)O)C(C)C. The highest BCUT2D eigenvalue weighted by Crippen LogP contribution is 2.07. The van der Waals surface area contributed by atoms with Crippen LogP contribution in [0.4, 0.5) is 0 Å². The first-order chi connectivity index (χ1) is 13.5. The third-order valence-corrected chi connectivity index (χ3v) is 5.48. The fourth-order valence-corrected chi connectivity index (χ4v) is 3.27. The zero-order valence-electron chi connectivity index (χ0n) is 17.7.